The van der Waals surface area contributed by atoms with Crippen LogP contribution in [0.3, 0.4) is 0 Å². The van der Waals surface area contributed by atoms with Gasteiger partial charge in [0, 0.05) is 0 Å². The zero-order chi connectivity index (χ0) is 21.0. The lowest BCUT2D eigenvalue weighted by Crippen LogP contribution is -1.82. The fourth-order valence-electron chi connectivity index (χ4n) is 3.12. The Kier molecular flexibility index (Phi) is 17.7. The van der Waals surface area contributed by atoms with E-state index in [2.05, 4.69) is 90.2 Å². The largest absolute Gasteiger partial charge is 0.0917 e. The minimum absolute atomic E-state index is 1.17. The highest BCUT2D eigenvalue weighted by Gasteiger charge is 1.93. The summed E-state index contributed by atoms with van der Waals surface area (Å²) in [5.41, 5.74) is 6.11. The molecule has 0 N–H and O–H groups in total. The maximum atomic E-state index is 2.43. The maximum Gasteiger partial charge on any atom is -0.0288 e. The molecule has 0 aliphatic rings. The van der Waals surface area contributed by atoms with Crippen LogP contribution in [0.1, 0.15) is 106 Å². The average molecular weight is 383 g/mol. The van der Waals surface area contributed by atoms with Gasteiger partial charge in [-0.05, 0) is 106 Å². The van der Waals surface area contributed by atoms with Crippen LogP contribution in [-0.2, 0) is 0 Å². The summed E-state index contributed by atoms with van der Waals surface area (Å²) < 4.78 is 0. The molecule has 0 radical (unpaired) electrons. The van der Waals surface area contributed by atoms with Crippen LogP contribution in [0.2, 0.25) is 0 Å². The quantitative estimate of drug-likeness (QED) is 0.195. The van der Waals surface area contributed by atoms with Crippen molar-refractivity contribution < 1.29 is 0 Å². The number of hydrogen-bond donors (Lipinski definition) is 0. The second-order valence-electron chi connectivity index (χ2n) is 8.07. The summed E-state index contributed by atoms with van der Waals surface area (Å²) >= 11 is 0. The zero-order valence-corrected chi connectivity index (χ0v) is 19.7. The van der Waals surface area contributed by atoms with Gasteiger partial charge in [0.25, 0.3) is 0 Å². The van der Waals surface area contributed by atoms with Crippen molar-refractivity contribution in [2.75, 3.05) is 0 Å². The van der Waals surface area contributed by atoms with Crippen LogP contribution in [0.5, 0.6) is 0 Å². The highest BCUT2D eigenvalue weighted by atomic mass is 14.0. The van der Waals surface area contributed by atoms with Crippen molar-refractivity contribution in [3.05, 3.63) is 70.9 Å². The number of allylic oxidation sites excluding steroid dienone is 12. The molecule has 0 nitrogen and oxygen atoms in total. The van der Waals surface area contributed by atoms with E-state index in [1.807, 2.05) is 0 Å². The fraction of sp³-hybridized carbons (Fsp3) is 0.571. The predicted octanol–water partition coefficient (Wildman–Crippen LogP) is 9.82. The number of hydrogen-bond acceptors (Lipinski definition) is 0. The van der Waals surface area contributed by atoms with Gasteiger partial charge in [0.05, 0.1) is 0 Å². The third-order valence-electron chi connectivity index (χ3n) is 5.10. The van der Waals surface area contributed by atoms with Crippen molar-refractivity contribution in [1.82, 2.24) is 0 Å². The van der Waals surface area contributed by atoms with Crippen LogP contribution >= 0.6 is 0 Å². The lowest BCUT2D eigenvalue weighted by atomic mass is 10.0. The Bertz CT molecular complexity index is 509. The van der Waals surface area contributed by atoms with E-state index in [-0.39, 0.29) is 0 Å². The van der Waals surface area contributed by atoms with E-state index in [4.69, 9.17) is 0 Å². The minimum Gasteiger partial charge on any atom is -0.0917 e. The Morgan fingerprint density at radius 1 is 0.429 bits per heavy atom. The molecule has 158 valence electrons. The molecule has 0 fully saturated rings. The van der Waals surface area contributed by atoms with E-state index in [0.29, 0.717) is 0 Å². The molecule has 0 bridgehead atoms. The molecule has 0 amide bonds. The Morgan fingerprint density at radius 2 is 0.714 bits per heavy atom. The summed E-state index contributed by atoms with van der Waals surface area (Å²) in [6.07, 6.45) is 30.3. The van der Waals surface area contributed by atoms with Gasteiger partial charge < -0.3 is 0 Å². The fourth-order valence-corrected chi connectivity index (χ4v) is 3.12. The summed E-state index contributed by atoms with van der Waals surface area (Å²) in [5, 5.41) is 0. The smallest absolute Gasteiger partial charge is 0.0288 e. The lowest BCUT2D eigenvalue weighted by molar-refractivity contribution is 0.897. The third kappa shape index (κ3) is 17.8. The van der Waals surface area contributed by atoms with Crippen molar-refractivity contribution in [3.63, 3.8) is 0 Å². The van der Waals surface area contributed by atoms with Crippen molar-refractivity contribution in [3.8, 4) is 0 Å². The van der Waals surface area contributed by atoms with Gasteiger partial charge >= 0.3 is 0 Å². The molecule has 0 atom stereocenters. The van der Waals surface area contributed by atoms with Crippen molar-refractivity contribution in [2.45, 2.75) is 106 Å². The van der Waals surface area contributed by atoms with Gasteiger partial charge in [-0.25, -0.2) is 0 Å². The Hall–Kier alpha value is -1.56. The summed E-state index contributed by atoms with van der Waals surface area (Å²) in [5.74, 6) is 0. The van der Waals surface area contributed by atoms with Gasteiger partial charge in [-0.15, -0.1) is 0 Å². The standard InChI is InChI=1S/C28H46/c1-7-9-11-17-25(3)21-15-23-27(5)19-13-14-20-28(6)24-16-22-26(4)18-12-10-8-2/h7-10,19-22H,11-18,23-24H2,1-6H3/b9-7-,10-8-,25-21+,26-22+,27-19+,28-20+. The van der Waals surface area contributed by atoms with Gasteiger partial charge in [0.2, 0.25) is 0 Å². The van der Waals surface area contributed by atoms with E-state index in [9.17, 15) is 0 Å². The molecular formula is C28H46. The van der Waals surface area contributed by atoms with E-state index < -0.39 is 0 Å². The topological polar surface area (TPSA) is 0 Å². The lowest BCUT2D eigenvalue weighted by Gasteiger charge is -2.02. The van der Waals surface area contributed by atoms with Crippen LogP contribution in [-0.4, -0.2) is 0 Å². The molecule has 0 aromatic carbocycles. The molecule has 0 aliphatic heterocycles. The van der Waals surface area contributed by atoms with E-state index in [1.54, 1.807) is 0 Å². The predicted molar refractivity (Wildman–Crippen MR) is 131 cm³/mol. The van der Waals surface area contributed by atoms with Gasteiger partial charge in [0.1, 0.15) is 0 Å². The summed E-state index contributed by atoms with van der Waals surface area (Å²) in [6, 6.07) is 0. The molecule has 0 rings (SSSR count). The highest BCUT2D eigenvalue weighted by Crippen LogP contribution is 2.14. The molecule has 0 unspecified atom stereocenters. The molecule has 0 aromatic rings. The Morgan fingerprint density at radius 3 is 1.04 bits per heavy atom. The number of rotatable bonds is 15. The van der Waals surface area contributed by atoms with Crippen LogP contribution < -0.4 is 0 Å². The first-order valence-corrected chi connectivity index (χ1v) is 11.3. The van der Waals surface area contributed by atoms with Crippen molar-refractivity contribution >= 4 is 0 Å². The van der Waals surface area contributed by atoms with E-state index in [0.717, 1.165) is 0 Å². The van der Waals surface area contributed by atoms with E-state index >= 15 is 0 Å². The number of unbranched alkanes of at least 4 members (excludes halogenated alkanes) is 1. The average Bonchev–Trinajstić information content (AvgIpc) is 2.65. The highest BCUT2D eigenvalue weighted by molar-refractivity contribution is 5.07. The second-order valence-corrected chi connectivity index (χ2v) is 8.07. The maximum absolute atomic E-state index is 2.43. The molecule has 0 spiro atoms. The first kappa shape index (κ1) is 26.4. The molecular weight excluding hydrogens is 336 g/mol. The monoisotopic (exact) mass is 382 g/mol. The van der Waals surface area contributed by atoms with Crippen LogP contribution in [0.15, 0.2) is 70.9 Å². The van der Waals surface area contributed by atoms with Crippen LogP contribution in [0.25, 0.3) is 0 Å². The van der Waals surface area contributed by atoms with Crippen molar-refractivity contribution in [1.29, 1.82) is 0 Å². The van der Waals surface area contributed by atoms with Gasteiger partial charge in [0.15, 0.2) is 0 Å². The van der Waals surface area contributed by atoms with E-state index in [1.165, 1.54) is 86.5 Å². The van der Waals surface area contributed by atoms with Crippen LogP contribution in [0, 0.1) is 0 Å². The molecule has 0 saturated heterocycles. The Balaban J connectivity index is 4.00. The molecule has 0 aromatic heterocycles. The summed E-state index contributed by atoms with van der Waals surface area (Å²) in [4.78, 5) is 0. The molecule has 0 aliphatic carbocycles. The normalized spacial score (nSPS) is 14.6. The van der Waals surface area contributed by atoms with Gasteiger partial charge in [-0.1, -0.05) is 70.9 Å². The zero-order valence-electron chi connectivity index (χ0n) is 19.7. The molecule has 28 heavy (non-hydrogen) atoms. The first-order valence-electron chi connectivity index (χ1n) is 11.3. The molecule has 0 heterocycles. The third-order valence-corrected chi connectivity index (χ3v) is 5.10. The van der Waals surface area contributed by atoms with Crippen LogP contribution in [0.4, 0.5) is 0 Å². The summed E-state index contributed by atoms with van der Waals surface area (Å²) in [6.45, 7) is 13.3. The SMILES string of the molecule is C/C=C\CC/C(C)=C/CC/C(C)=C/CC/C=C(\C)CC/C=C(\C)CC/C=C\C. The van der Waals surface area contributed by atoms with Crippen molar-refractivity contribution in [2.24, 2.45) is 0 Å². The molecule has 0 heteroatoms. The Labute approximate surface area is 176 Å². The summed E-state index contributed by atoms with van der Waals surface area (Å²) in [7, 11) is 0. The van der Waals surface area contributed by atoms with Gasteiger partial charge in [-0.2, -0.15) is 0 Å². The second kappa shape index (κ2) is 18.8. The minimum atomic E-state index is 1.17. The molecule has 0 saturated carbocycles. The van der Waals surface area contributed by atoms with Gasteiger partial charge in [-0.3, -0.25) is 0 Å². The first-order chi connectivity index (χ1) is 13.5.